The van der Waals surface area contributed by atoms with E-state index in [9.17, 15) is 0 Å². The van der Waals surface area contributed by atoms with Crippen LogP contribution in [0.2, 0.25) is 5.02 Å². The van der Waals surface area contributed by atoms with Crippen LogP contribution < -0.4 is 67.4 Å². The molecule has 0 aliphatic rings. The van der Waals surface area contributed by atoms with Crippen LogP contribution >= 0.6 is 11.6 Å². The first kappa shape index (κ1) is 52.8. The molecular weight excluding hydrogens is 962 g/mol. The molecule has 8 aromatic carbocycles. The second-order valence-electron chi connectivity index (χ2n) is 19.4. The van der Waals surface area contributed by atoms with E-state index in [4.69, 9.17) is 16.3 Å². The molecule has 0 amide bonds. The molecule has 0 saturated heterocycles. The average molecular weight is 1030 g/mol. The van der Waals surface area contributed by atoms with Crippen LogP contribution in [0.3, 0.4) is 0 Å². The van der Waals surface area contributed by atoms with E-state index in [1.54, 1.807) is 7.11 Å². The lowest BCUT2D eigenvalue weighted by Crippen LogP contribution is -2.74. The molecule has 0 radical (unpaired) electrons. The summed E-state index contributed by atoms with van der Waals surface area (Å²) in [6.45, 7) is 0. The number of ether oxygens (including phenoxy) is 1. The molecule has 3 heterocycles. The van der Waals surface area contributed by atoms with Gasteiger partial charge in [0.2, 0.25) is 5.02 Å². The van der Waals surface area contributed by atoms with Crippen LogP contribution in [-0.2, 0) is 0 Å². The van der Waals surface area contributed by atoms with Crippen LogP contribution in [0.5, 0.6) is 5.88 Å². The van der Waals surface area contributed by atoms with Crippen molar-refractivity contribution in [1.29, 1.82) is 0 Å². The number of anilines is 2. The van der Waals surface area contributed by atoms with Gasteiger partial charge < -0.3 is 14.5 Å². The molecule has 0 bridgehead atoms. The van der Waals surface area contributed by atoms with Gasteiger partial charge in [0.25, 0.3) is 0 Å². The van der Waals surface area contributed by atoms with E-state index in [0.717, 1.165) is 11.4 Å². The van der Waals surface area contributed by atoms with Gasteiger partial charge in [-0.05, 0) is 17.1 Å². The molecule has 0 fully saturated rings. The summed E-state index contributed by atoms with van der Waals surface area (Å²) in [5, 5.41) is 0.356. The first-order valence-electron chi connectivity index (χ1n) is 26.0. The second-order valence-corrected chi connectivity index (χ2v) is 19.8. The Morgan fingerprint density at radius 2 is 0.571 bits per heavy atom. The molecule has 0 spiro atoms. The average Bonchev–Trinajstić information content (AvgIpc) is 3.50. The second kappa shape index (κ2) is 25.0. The van der Waals surface area contributed by atoms with Gasteiger partial charge in [0, 0.05) is 56.7 Å². The van der Waals surface area contributed by atoms with E-state index in [0.29, 0.717) is 22.7 Å². The van der Waals surface area contributed by atoms with Crippen LogP contribution in [0.4, 0.5) is 11.4 Å². The predicted octanol–water partition coefficient (Wildman–Crippen LogP) is 7.95. The van der Waals surface area contributed by atoms with Gasteiger partial charge in [0.15, 0.2) is 0 Å². The van der Waals surface area contributed by atoms with Gasteiger partial charge in [-0.2, -0.15) is 48.3 Å². The maximum atomic E-state index is 6.47. The Morgan fingerprint density at radius 3 is 0.792 bits per heavy atom. The Labute approximate surface area is 459 Å². The highest BCUT2D eigenvalue weighted by Gasteiger charge is 2.33. The Kier molecular flexibility index (Phi) is 17.1. The summed E-state index contributed by atoms with van der Waals surface area (Å²) in [5.74, 6) is 1.35. The maximum absolute atomic E-state index is 6.47. The molecule has 380 valence electrons. The lowest BCUT2D eigenvalue weighted by atomic mass is 9.13. The van der Waals surface area contributed by atoms with E-state index in [1.165, 1.54) is 43.7 Å². The van der Waals surface area contributed by atoms with Crippen LogP contribution in [0.1, 0.15) is 0 Å². The quantitative estimate of drug-likeness (QED) is 0.0868. The summed E-state index contributed by atoms with van der Waals surface area (Å²) in [4.78, 5) is 13.1. The Morgan fingerprint density at radius 1 is 0.338 bits per heavy atom. The first-order chi connectivity index (χ1) is 37.7. The third-order valence-electron chi connectivity index (χ3n) is 14.5. The van der Waals surface area contributed by atoms with Crippen LogP contribution in [0.15, 0.2) is 292 Å². The molecular formula is C67H63B2ClN6O. The van der Waals surface area contributed by atoms with E-state index in [-0.39, 0.29) is 0 Å². The van der Waals surface area contributed by atoms with Crippen LogP contribution in [0, 0.1) is 0 Å². The molecule has 0 aliphatic carbocycles. The highest BCUT2D eigenvalue weighted by molar-refractivity contribution is 7.20. The van der Waals surface area contributed by atoms with E-state index >= 15 is 0 Å². The zero-order chi connectivity index (χ0) is 53.5. The molecule has 10 heteroatoms. The minimum Gasteiger partial charge on any atom is -0.468 e. The largest absolute Gasteiger partial charge is 0.481 e. The van der Waals surface area contributed by atoms with Crippen LogP contribution in [-0.4, -0.2) is 57.6 Å². The number of methoxy groups -OCH3 is 1. The highest BCUT2D eigenvalue weighted by atomic mass is 35.5. The summed E-state index contributed by atoms with van der Waals surface area (Å²) in [6, 6.07) is 95.0. The molecule has 11 rings (SSSR count). The van der Waals surface area contributed by atoms with Crippen molar-refractivity contribution in [3.63, 3.8) is 0 Å². The van der Waals surface area contributed by atoms with Crippen molar-refractivity contribution in [2.75, 3.05) is 45.1 Å². The summed E-state index contributed by atoms with van der Waals surface area (Å²) in [7, 11) is 9.52. The van der Waals surface area contributed by atoms with Gasteiger partial charge in [-0.3, -0.25) is 0 Å². The molecule has 11 aromatic rings. The fourth-order valence-electron chi connectivity index (χ4n) is 10.8. The van der Waals surface area contributed by atoms with Crippen molar-refractivity contribution in [1.82, 2.24) is 9.97 Å². The molecule has 0 aliphatic heterocycles. The van der Waals surface area contributed by atoms with E-state index in [2.05, 4.69) is 253 Å². The zero-order valence-electron chi connectivity index (χ0n) is 44.3. The number of pyridine rings is 2. The fourth-order valence-corrected chi connectivity index (χ4v) is 11.0. The van der Waals surface area contributed by atoms with Crippen molar-refractivity contribution in [3.05, 3.63) is 297 Å². The third-order valence-corrected chi connectivity index (χ3v) is 14.8. The van der Waals surface area contributed by atoms with Crippen LogP contribution in [0.25, 0.3) is 11.8 Å². The lowest BCUT2D eigenvalue weighted by molar-refractivity contribution is -0.614. The molecule has 7 nitrogen and oxygen atoms in total. The third kappa shape index (κ3) is 11.5. The Hall–Kier alpha value is -9.04. The molecule has 0 N–H and O–H groups in total. The number of halogens is 1. The fraction of sp³-hybridized carbons (Fsp3) is 0.0746. The van der Waals surface area contributed by atoms with Crippen molar-refractivity contribution < 1.29 is 13.9 Å². The Bertz CT molecular complexity index is 3050. The summed E-state index contributed by atoms with van der Waals surface area (Å²) >= 11 is 6.47. The molecule has 0 saturated carbocycles. The van der Waals surface area contributed by atoms with E-state index in [1.807, 2.05) is 96.2 Å². The molecule has 0 unspecified atom stereocenters. The van der Waals surface area contributed by atoms with Gasteiger partial charge in [0.1, 0.15) is 12.3 Å². The van der Waals surface area contributed by atoms with Gasteiger partial charge in [-0.1, -0.05) is 254 Å². The van der Waals surface area contributed by atoms with Crippen molar-refractivity contribution >= 4 is 79.0 Å². The smallest absolute Gasteiger partial charge is 0.468 e. The lowest BCUT2D eigenvalue weighted by Gasteiger charge is -2.44. The summed E-state index contributed by atoms with van der Waals surface area (Å²) < 4.78 is 9.04. The number of hydrogen-bond donors (Lipinski definition) is 0. The van der Waals surface area contributed by atoms with Gasteiger partial charge >= 0.3 is 17.6 Å². The monoisotopic (exact) mass is 1020 g/mol. The molecule has 3 aromatic heterocycles. The number of aromatic nitrogens is 4. The van der Waals surface area contributed by atoms with Gasteiger partial charge in [-0.15, -0.1) is 0 Å². The first-order valence-corrected chi connectivity index (χ1v) is 26.4. The SMILES string of the molecule is COc1nc(-[n+]2ccc(N(C)C)cc2)nc(-[n+]2ccc(N(C)C)cc2)c1Cl.c1ccc([B-](c2ccccc2)(c2ccccc2)c2ccccc2)cc1.c1ccc([B-](c2ccccc2)(c2ccccc2)c2ccccc2)cc1. The topological polar surface area (TPSA) is 49.3 Å². The summed E-state index contributed by atoms with van der Waals surface area (Å²) in [5.41, 5.74) is 12.9. The zero-order valence-corrected chi connectivity index (χ0v) is 45.1. The summed E-state index contributed by atoms with van der Waals surface area (Å²) in [6.07, 6.45) is 5.20. The normalized spacial score (nSPS) is 11.0. The standard InChI is InChI=1S/2C24H20B.C19H23ClN6O/c2*1-5-13-21(14-6-1)25(22-15-7-2-8-16-22,23-17-9-3-10-18-23)24-19-11-4-12-20-24;1-23(2)14-6-10-25(11-7-14)17-16(20)18(27-5)22-19(21-17)26-12-8-15(9-13-26)24(3)4/h2*1-20H;6-13H,1-5H3/q2*-1;+2. The van der Waals surface area contributed by atoms with Crippen molar-refractivity contribution in [3.8, 4) is 17.6 Å². The maximum Gasteiger partial charge on any atom is 0.481 e. The van der Waals surface area contributed by atoms with E-state index < -0.39 is 12.3 Å². The highest BCUT2D eigenvalue weighted by Crippen LogP contribution is 2.25. The van der Waals surface area contributed by atoms with Crippen molar-refractivity contribution in [2.24, 2.45) is 0 Å². The number of nitrogens with zero attached hydrogens (tertiary/aromatic N) is 6. The number of rotatable bonds is 13. The van der Waals surface area contributed by atoms with Gasteiger partial charge in [0.05, 0.1) is 31.9 Å². The Balaban J connectivity index is 0.000000141. The molecule has 0 atom stereocenters. The van der Waals surface area contributed by atoms with Gasteiger partial charge in [-0.25, -0.2) is 4.57 Å². The van der Waals surface area contributed by atoms with Crippen molar-refractivity contribution in [2.45, 2.75) is 0 Å². The number of benzene rings is 8. The minimum absolute atomic E-state index is 0.324. The predicted molar refractivity (Wildman–Crippen MR) is 325 cm³/mol. The minimum atomic E-state index is -1.22. The molecule has 77 heavy (non-hydrogen) atoms. The number of hydrogen-bond acceptors (Lipinski definition) is 5.